The first-order valence-electron chi connectivity index (χ1n) is 16.1. The maximum atomic E-state index is 15.3. The van der Waals surface area contributed by atoms with Gasteiger partial charge < -0.3 is 19.1 Å². The van der Waals surface area contributed by atoms with Gasteiger partial charge in [0.2, 0.25) is 10.0 Å². The number of hydrogen-bond donors (Lipinski definition) is 1. The Kier molecular flexibility index (Phi) is 13.6. The fraction of sp³-hybridized carbons (Fsp3) is 0.371. The molecular weight excluding hydrogens is 770 g/mol. The van der Waals surface area contributed by atoms with Crippen LogP contribution < -0.4 is 14.6 Å². The van der Waals surface area contributed by atoms with Crippen molar-refractivity contribution in [2.75, 3.05) is 41.3 Å². The van der Waals surface area contributed by atoms with Gasteiger partial charge in [-0.05, 0) is 73.4 Å². The zero-order valence-electron chi connectivity index (χ0n) is 29.1. The van der Waals surface area contributed by atoms with E-state index in [2.05, 4.69) is 4.72 Å². The Morgan fingerprint density at radius 3 is 2.26 bits per heavy atom. The predicted molar refractivity (Wildman–Crippen MR) is 186 cm³/mol. The number of halogens is 7. The number of imidazole rings is 1. The van der Waals surface area contributed by atoms with Crippen molar-refractivity contribution in [3.05, 3.63) is 99.6 Å². The molecular formula is C35H37ClF6N4O5S2. The van der Waals surface area contributed by atoms with Gasteiger partial charge in [0.25, 0.3) is 0 Å². The Morgan fingerprint density at radius 2 is 1.70 bits per heavy atom. The topological polar surface area (TPSA) is 113 Å². The van der Waals surface area contributed by atoms with Crippen LogP contribution in [0.2, 0.25) is 5.02 Å². The fourth-order valence-corrected chi connectivity index (χ4v) is 7.96. The molecule has 0 saturated heterocycles. The van der Waals surface area contributed by atoms with Crippen molar-refractivity contribution in [1.29, 1.82) is 0 Å². The molecule has 0 fully saturated rings. The second kappa shape index (κ2) is 17.1. The summed E-state index contributed by atoms with van der Waals surface area (Å²) in [6.07, 6.45) is -2.23. The number of quaternary nitrogens is 1. The van der Waals surface area contributed by atoms with Crippen molar-refractivity contribution in [1.82, 2.24) is 14.3 Å². The molecule has 0 amide bonds. The van der Waals surface area contributed by atoms with Gasteiger partial charge in [0.15, 0.2) is 5.16 Å². The summed E-state index contributed by atoms with van der Waals surface area (Å²) < 4.78 is 112. The third kappa shape index (κ3) is 10.9. The minimum atomic E-state index is -5.19. The monoisotopic (exact) mass is 806 g/mol. The second-order valence-electron chi connectivity index (χ2n) is 13.1. The number of carboxylic acid groups (broad SMARTS) is 1. The lowest BCUT2D eigenvalue weighted by molar-refractivity contribution is -0.870. The van der Waals surface area contributed by atoms with Crippen molar-refractivity contribution in [3.8, 4) is 11.4 Å². The molecule has 0 radical (unpaired) electrons. The predicted octanol–water partition coefficient (Wildman–Crippen LogP) is 6.39. The highest BCUT2D eigenvalue weighted by Crippen LogP contribution is 2.43. The third-order valence-corrected chi connectivity index (χ3v) is 10.9. The largest absolute Gasteiger partial charge is 0.542 e. The van der Waals surface area contributed by atoms with E-state index in [1.807, 2.05) is 37.8 Å². The molecule has 0 saturated carbocycles. The van der Waals surface area contributed by atoms with E-state index >= 15 is 8.78 Å². The molecule has 3 aromatic carbocycles. The number of ether oxygens (including phenoxy) is 1. The molecule has 4 aromatic rings. The SMILES string of the molecule is COc1cc(C2CCCc3nc(SCc4c(F)cc(S(=O)(=O)NCCC[N+](C)(C)C)cc4F)n(-c4ccc(F)cc4)c32)ccc1Cl.O=C([O-])C(F)(F)F. The summed E-state index contributed by atoms with van der Waals surface area (Å²) in [6, 6.07) is 13.3. The van der Waals surface area contributed by atoms with Crippen LogP contribution in [0.25, 0.3) is 5.69 Å². The molecule has 53 heavy (non-hydrogen) atoms. The average molecular weight is 807 g/mol. The summed E-state index contributed by atoms with van der Waals surface area (Å²) in [4.78, 5) is 13.2. The Morgan fingerprint density at radius 1 is 1.08 bits per heavy atom. The van der Waals surface area contributed by atoms with E-state index in [4.69, 9.17) is 31.2 Å². The molecule has 1 N–H and O–H groups in total. The van der Waals surface area contributed by atoms with Crippen molar-refractivity contribution >= 4 is 39.4 Å². The highest BCUT2D eigenvalue weighted by atomic mass is 35.5. The molecule has 288 valence electrons. The van der Waals surface area contributed by atoms with E-state index in [9.17, 15) is 26.0 Å². The normalized spacial score (nSPS) is 14.7. The smallest absolute Gasteiger partial charge is 0.430 e. The Hall–Kier alpha value is -3.77. The summed E-state index contributed by atoms with van der Waals surface area (Å²) >= 11 is 7.43. The molecule has 0 bridgehead atoms. The van der Waals surface area contributed by atoms with Crippen molar-refractivity contribution in [2.24, 2.45) is 0 Å². The van der Waals surface area contributed by atoms with Crippen LogP contribution in [0.1, 0.15) is 47.7 Å². The number of carbonyl (C=O) groups is 1. The van der Waals surface area contributed by atoms with Crippen LogP contribution in [-0.4, -0.2) is 75.9 Å². The number of alkyl halides is 3. The second-order valence-corrected chi connectivity index (χ2v) is 16.2. The van der Waals surface area contributed by atoms with Crippen LogP contribution in [0.3, 0.4) is 0 Å². The molecule has 1 unspecified atom stereocenters. The number of hydrogen-bond acceptors (Lipinski definition) is 7. The Labute approximate surface area is 312 Å². The minimum Gasteiger partial charge on any atom is -0.542 e. The van der Waals surface area contributed by atoms with Gasteiger partial charge in [0.1, 0.15) is 29.2 Å². The number of aromatic nitrogens is 2. The first-order valence-corrected chi connectivity index (χ1v) is 19.0. The molecule has 0 spiro atoms. The summed E-state index contributed by atoms with van der Waals surface area (Å²) in [5, 5.41) is 9.76. The number of nitrogens with one attached hydrogen (secondary N) is 1. The fourth-order valence-electron chi connectivity index (χ4n) is 5.61. The van der Waals surface area contributed by atoms with Gasteiger partial charge in [0, 0.05) is 35.9 Å². The molecule has 1 aromatic heterocycles. The lowest BCUT2D eigenvalue weighted by Gasteiger charge is -2.26. The number of fused-ring (bicyclic) bond motifs is 1. The van der Waals surface area contributed by atoms with E-state index in [0.717, 1.165) is 60.2 Å². The summed E-state index contributed by atoms with van der Waals surface area (Å²) in [6.45, 7) is 0.881. The van der Waals surface area contributed by atoms with Crippen LogP contribution in [-0.2, 0) is 27.0 Å². The number of benzene rings is 3. The molecule has 18 heteroatoms. The van der Waals surface area contributed by atoms with E-state index in [1.54, 1.807) is 25.3 Å². The lowest BCUT2D eigenvalue weighted by atomic mass is 9.84. The van der Waals surface area contributed by atoms with Gasteiger partial charge in [-0.25, -0.2) is 31.3 Å². The van der Waals surface area contributed by atoms with Crippen molar-refractivity contribution in [2.45, 2.75) is 53.6 Å². The number of methoxy groups -OCH3 is 1. The molecule has 1 atom stereocenters. The Bertz CT molecular complexity index is 2010. The van der Waals surface area contributed by atoms with Crippen LogP contribution in [0.15, 0.2) is 64.6 Å². The molecule has 9 nitrogen and oxygen atoms in total. The van der Waals surface area contributed by atoms with E-state index in [1.165, 1.54) is 12.1 Å². The number of rotatable bonds is 12. The highest BCUT2D eigenvalue weighted by molar-refractivity contribution is 7.98. The number of carbonyl (C=O) groups excluding carboxylic acids is 1. The van der Waals surface area contributed by atoms with Gasteiger partial charge in [-0.15, -0.1) is 0 Å². The molecule has 5 rings (SSSR count). The summed E-state index contributed by atoms with van der Waals surface area (Å²) in [5.74, 6) is -5.02. The highest BCUT2D eigenvalue weighted by Gasteiger charge is 2.31. The third-order valence-electron chi connectivity index (χ3n) is 8.16. The standard InChI is InChI=1S/C33H37ClF3N4O3S2.C2HF3O2/c1-41(2,3)16-6-15-38-46(42,43)24-18-28(36)26(29(37)19-24)20-45-33-39-30-8-5-7-25(21-9-14-27(34)31(17-21)44-4)32(30)40(33)23-12-10-22(35)11-13-23;3-2(4,5)1(6)7/h9-14,17-19,25,38H,5-8,15-16,20H2,1-4H3;(H,6,7)/q+1;/p-1. The Balaban J connectivity index is 0.000000815. The zero-order chi connectivity index (χ0) is 39.3. The maximum Gasteiger partial charge on any atom is 0.430 e. The number of nitrogens with zero attached hydrogens (tertiary/aromatic N) is 3. The van der Waals surface area contributed by atoms with Gasteiger partial charge >= 0.3 is 6.18 Å². The van der Waals surface area contributed by atoms with E-state index in [0.29, 0.717) is 38.9 Å². The van der Waals surface area contributed by atoms with E-state index in [-0.39, 0.29) is 23.8 Å². The quantitative estimate of drug-likeness (QED) is 0.0765. The van der Waals surface area contributed by atoms with Crippen LogP contribution in [0.4, 0.5) is 26.3 Å². The van der Waals surface area contributed by atoms with Gasteiger partial charge in [-0.2, -0.15) is 13.2 Å². The molecule has 1 heterocycles. The molecule has 0 aliphatic heterocycles. The number of carboxylic acids is 1. The lowest BCUT2D eigenvalue weighted by Crippen LogP contribution is -2.37. The number of thioether (sulfide) groups is 1. The van der Waals surface area contributed by atoms with Gasteiger partial charge in [-0.3, -0.25) is 4.57 Å². The number of sulfonamides is 1. The molecule has 1 aliphatic carbocycles. The first-order chi connectivity index (χ1) is 24.7. The maximum absolute atomic E-state index is 15.3. The summed E-state index contributed by atoms with van der Waals surface area (Å²) in [5.41, 5.74) is 3.12. The van der Waals surface area contributed by atoms with Crippen molar-refractivity contribution < 1.29 is 53.9 Å². The summed E-state index contributed by atoms with van der Waals surface area (Å²) in [7, 11) is 3.43. The number of aliphatic carboxylic acids is 1. The average Bonchev–Trinajstić information content (AvgIpc) is 3.45. The van der Waals surface area contributed by atoms with Crippen LogP contribution in [0.5, 0.6) is 5.75 Å². The minimum absolute atomic E-state index is 0.0883. The zero-order valence-corrected chi connectivity index (χ0v) is 31.5. The molecule has 1 aliphatic rings. The van der Waals surface area contributed by atoms with Crippen LogP contribution in [0, 0.1) is 17.5 Å². The van der Waals surface area contributed by atoms with Crippen LogP contribution >= 0.6 is 23.4 Å². The number of aryl methyl sites for hydroxylation is 1. The van der Waals surface area contributed by atoms with Crippen molar-refractivity contribution in [3.63, 3.8) is 0 Å². The first kappa shape index (κ1) is 42.0. The van der Waals surface area contributed by atoms with Gasteiger partial charge in [0.05, 0.1) is 56.1 Å². The van der Waals surface area contributed by atoms with Gasteiger partial charge in [-0.1, -0.05) is 29.4 Å². The van der Waals surface area contributed by atoms with E-state index < -0.39 is 44.5 Å².